The lowest BCUT2D eigenvalue weighted by Crippen LogP contribution is -2.16. The highest BCUT2D eigenvalue weighted by Gasteiger charge is 2.17. The van der Waals surface area contributed by atoms with Crippen molar-refractivity contribution in [1.29, 1.82) is 0 Å². The summed E-state index contributed by atoms with van der Waals surface area (Å²) >= 11 is 0. The maximum Gasteiger partial charge on any atom is 0.261 e. The number of carbonyl (C=O) groups is 1. The highest BCUT2D eigenvalue weighted by atomic mass is 32.2. The Hall–Kier alpha value is -3.32. The Morgan fingerprint density at radius 2 is 1.66 bits per heavy atom. The van der Waals surface area contributed by atoms with E-state index >= 15 is 0 Å². The van der Waals surface area contributed by atoms with E-state index in [0.717, 1.165) is 12.0 Å². The molecule has 150 valence electrons. The van der Waals surface area contributed by atoms with E-state index in [1.165, 1.54) is 19.2 Å². The van der Waals surface area contributed by atoms with E-state index in [2.05, 4.69) is 10.0 Å². The van der Waals surface area contributed by atoms with Gasteiger partial charge in [-0.15, -0.1) is 0 Å². The third kappa shape index (κ3) is 5.14. The van der Waals surface area contributed by atoms with Crippen LogP contribution in [-0.4, -0.2) is 21.4 Å². The number of amides is 1. The van der Waals surface area contributed by atoms with Crippen molar-refractivity contribution < 1.29 is 17.9 Å². The Bertz CT molecular complexity index is 1110. The number of anilines is 2. The fourth-order valence-corrected chi connectivity index (χ4v) is 3.85. The monoisotopic (exact) mass is 410 g/mol. The number of hydrogen-bond acceptors (Lipinski definition) is 4. The molecule has 2 N–H and O–H groups in total. The molecular formula is C22H22N2O4S. The van der Waals surface area contributed by atoms with Crippen LogP contribution in [0.3, 0.4) is 0 Å². The zero-order chi connectivity index (χ0) is 20.9. The fraction of sp³-hybridized carbons (Fsp3) is 0.136. The summed E-state index contributed by atoms with van der Waals surface area (Å²) in [6.45, 7) is 2.03. The molecule has 0 fully saturated rings. The zero-order valence-electron chi connectivity index (χ0n) is 16.2. The summed E-state index contributed by atoms with van der Waals surface area (Å²) in [5, 5.41) is 2.81. The van der Waals surface area contributed by atoms with Gasteiger partial charge in [0.05, 0.1) is 12.0 Å². The number of methoxy groups -OCH3 is 1. The summed E-state index contributed by atoms with van der Waals surface area (Å²) < 4.78 is 33.0. The van der Waals surface area contributed by atoms with Crippen LogP contribution in [0.15, 0.2) is 77.7 Å². The molecule has 0 aromatic heterocycles. The molecule has 3 aromatic carbocycles. The van der Waals surface area contributed by atoms with Crippen LogP contribution in [0.1, 0.15) is 22.8 Å². The van der Waals surface area contributed by atoms with Crippen molar-refractivity contribution >= 4 is 27.3 Å². The molecule has 0 saturated heterocycles. The quantitative estimate of drug-likeness (QED) is 0.608. The van der Waals surface area contributed by atoms with Gasteiger partial charge in [0.1, 0.15) is 5.75 Å². The predicted molar refractivity (Wildman–Crippen MR) is 114 cm³/mol. The molecule has 0 radical (unpaired) electrons. The fourth-order valence-electron chi connectivity index (χ4n) is 2.75. The highest BCUT2D eigenvalue weighted by Crippen LogP contribution is 2.20. The molecule has 3 rings (SSSR count). The maximum atomic E-state index is 12.7. The lowest BCUT2D eigenvalue weighted by Gasteiger charge is -2.11. The van der Waals surface area contributed by atoms with E-state index < -0.39 is 10.0 Å². The van der Waals surface area contributed by atoms with E-state index in [1.807, 2.05) is 25.1 Å². The molecule has 6 nitrogen and oxygen atoms in total. The van der Waals surface area contributed by atoms with Crippen LogP contribution in [0, 0.1) is 0 Å². The number of nitrogens with one attached hydrogen (secondary N) is 2. The average Bonchev–Trinajstić information content (AvgIpc) is 2.74. The van der Waals surface area contributed by atoms with E-state index in [1.54, 1.807) is 42.5 Å². The molecule has 29 heavy (non-hydrogen) atoms. The van der Waals surface area contributed by atoms with E-state index in [9.17, 15) is 13.2 Å². The second-order valence-corrected chi connectivity index (χ2v) is 8.05. The Morgan fingerprint density at radius 3 is 2.34 bits per heavy atom. The van der Waals surface area contributed by atoms with Crippen molar-refractivity contribution in [3.8, 4) is 5.75 Å². The largest absolute Gasteiger partial charge is 0.497 e. The first kappa shape index (κ1) is 20.4. The second-order valence-electron chi connectivity index (χ2n) is 6.37. The molecule has 7 heteroatoms. The molecule has 3 aromatic rings. The van der Waals surface area contributed by atoms with Gasteiger partial charge in [-0.1, -0.05) is 25.1 Å². The van der Waals surface area contributed by atoms with Crippen molar-refractivity contribution in [2.24, 2.45) is 0 Å². The Labute approximate surface area is 170 Å². The van der Waals surface area contributed by atoms with Gasteiger partial charge in [0, 0.05) is 16.9 Å². The van der Waals surface area contributed by atoms with Gasteiger partial charge in [0.15, 0.2) is 0 Å². The molecule has 0 heterocycles. The Kier molecular flexibility index (Phi) is 6.19. The van der Waals surface area contributed by atoms with Crippen LogP contribution in [0.2, 0.25) is 0 Å². The number of rotatable bonds is 7. The summed E-state index contributed by atoms with van der Waals surface area (Å²) in [6, 6.07) is 20.0. The summed E-state index contributed by atoms with van der Waals surface area (Å²) in [5.41, 5.74) is 2.42. The summed E-state index contributed by atoms with van der Waals surface area (Å²) in [6.07, 6.45) is 0.856. The first-order valence-electron chi connectivity index (χ1n) is 9.08. The van der Waals surface area contributed by atoms with E-state index in [-0.39, 0.29) is 16.4 Å². The minimum absolute atomic E-state index is 0.00303. The van der Waals surface area contributed by atoms with Crippen LogP contribution < -0.4 is 14.8 Å². The normalized spacial score (nSPS) is 11.0. The van der Waals surface area contributed by atoms with Crippen molar-refractivity contribution in [1.82, 2.24) is 0 Å². The van der Waals surface area contributed by atoms with Crippen molar-refractivity contribution in [2.75, 3.05) is 17.1 Å². The molecule has 0 aliphatic heterocycles. The number of aryl methyl sites for hydroxylation is 1. The Balaban J connectivity index is 1.78. The minimum atomic E-state index is -3.84. The molecule has 0 bridgehead atoms. The number of sulfonamides is 1. The van der Waals surface area contributed by atoms with Gasteiger partial charge >= 0.3 is 0 Å². The molecule has 0 unspecified atom stereocenters. The first-order valence-corrected chi connectivity index (χ1v) is 10.6. The van der Waals surface area contributed by atoms with Crippen molar-refractivity contribution in [3.05, 3.63) is 83.9 Å². The minimum Gasteiger partial charge on any atom is -0.497 e. The maximum absolute atomic E-state index is 12.7. The first-order chi connectivity index (χ1) is 13.9. The molecular weight excluding hydrogens is 388 g/mol. The third-order valence-electron chi connectivity index (χ3n) is 4.34. The molecule has 1 amide bonds. The van der Waals surface area contributed by atoms with Crippen LogP contribution >= 0.6 is 0 Å². The topological polar surface area (TPSA) is 84.5 Å². The van der Waals surface area contributed by atoms with E-state index in [4.69, 9.17) is 4.74 Å². The van der Waals surface area contributed by atoms with Crippen LogP contribution in [0.25, 0.3) is 0 Å². The molecule has 0 atom stereocenters. The van der Waals surface area contributed by atoms with Gasteiger partial charge < -0.3 is 10.1 Å². The molecule has 0 aliphatic carbocycles. The summed E-state index contributed by atoms with van der Waals surface area (Å²) in [5.74, 6) is 0.249. The average molecular weight is 410 g/mol. The third-order valence-corrected chi connectivity index (χ3v) is 5.72. The summed E-state index contributed by atoms with van der Waals surface area (Å²) in [4.78, 5) is 12.6. The van der Waals surface area contributed by atoms with Crippen LogP contribution in [0.4, 0.5) is 11.4 Å². The Morgan fingerprint density at radius 1 is 0.931 bits per heavy atom. The van der Waals surface area contributed by atoms with Crippen molar-refractivity contribution in [3.63, 3.8) is 0 Å². The summed E-state index contributed by atoms with van der Waals surface area (Å²) in [7, 11) is -2.31. The van der Waals surface area contributed by atoms with Gasteiger partial charge in [-0.2, -0.15) is 0 Å². The van der Waals surface area contributed by atoms with Crippen LogP contribution in [-0.2, 0) is 16.4 Å². The second kappa shape index (κ2) is 8.79. The van der Waals surface area contributed by atoms with Gasteiger partial charge in [0.25, 0.3) is 15.9 Å². The van der Waals surface area contributed by atoms with Gasteiger partial charge in [-0.3, -0.25) is 9.52 Å². The van der Waals surface area contributed by atoms with Gasteiger partial charge in [0.2, 0.25) is 0 Å². The number of hydrogen-bond donors (Lipinski definition) is 2. The molecule has 0 spiro atoms. The SMILES string of the molecule is CCc1cccc(NC(=O)c2cccc(S(=O)(=O)Nc3ccc(OC)cc3)c2)c1. The molecule has 0 aliphatic rings. The number of benzene rings is 3. The van der Waals surface area contributed by atoms with E-state index in [0.29, 0.717) is 17.1 Å². The zero-order valence-corrected chi connectivity index (χ0v) is 17.0. The van der Waals surface area contributed by atoms with Crippen molar-refractivity contribution in [2.45, 2.75) is 18.2 Å². The smallest absolute Gasteiger partial charge is 0.261 e. The van der Waals surface area contributed by atoms with Gasteiger partial charge in [-0.25, -0.2) is 8.42 Å². The number of ether oxygens (including phenoxy) is 1. The lowest BCUT2D eigenvalue weighted by atomic mass is 10.1. The standard InChI is InChI=1S/C22H22N2O4S/c1-3-16-6-4-8-19(14-16)23-22(25)17-7-5-9-21(15-17)29(26,27)24-18-10-12-20(28-2)13-11-18/h4-15,24H,3H2,1-2H3,(H,23,25). The van der Waals surface area contributed by atoms with Gasteiger partial charge in [-0.05, 0) is 66.6 Å². The molecule has 0 saturated carbocycles. The highest BCUT2D eigenvalue weighted by molar-refractivity contribution is 7.92. The predicted octanol–water partition coefficient (Wildman–Crippen LogP) is 4.31. The van der Waals surface area contributed by atoms with Crippen LogP contribution in [0.5, 0.6) is 5.75 Å². The lowest BCUT2D eigenvalue weighted by molar-refractivity contribution is 0.102. The number of carbonyl (C=O) groups excluding carboxylic acids is 1.